The molecule has 0 saturated heterocycles. The van der Waals surface area contributed by atoms with Crippen LogP contribution in [0.5, 0.6) is 5.75 Å². The number of aliphatic hydroxyl groups is 1. The van der Waals surface area contributed by atoms with Gasteiger partial charge in [0.25, 0.3) is 0 Å². The number of carboxylic acid groups (broad SMARTS) is 1. The summed E-state index contributed by atoms with van der Waals surface area (Å²) in [5.74, 6) is -2.27. The number of benzene rings is 1. The molecule has 2 N–H and O–H groups in total. The van der Waals surface area contributed by atoms with Crippen molar-refractivity contribution in [1.82, 2.24) is 0 Å². The highest BCUT2D eigenvalue weighted by Crippen LogP contribution is 2.30. The van der Waals surface area contributed by atoms with Crippen LogP contribution in [0.3, 0.4) is 0 Å². The Morgan fingerprint density at radius 3 is 2.63 bits per heavy atom. The second kappa shape index (κ2) is 5.57. The van der Waals surface area contributed by atoms with E-state index >= 15 is 0 Å². The van der Waals surface area contributed by atoms with Gasteiger partial charge in [0.05, 0.1) is 5.60 Å². The van der Waals surface area contributed by atoms with E-state index in [1.807, 2.05) is 0 Å². The number of hydrogen-bond acceptors (Lipinski definition) is 3. The Bertz CT molecular complexity index is 467. The second-order valence-corrected chi connectivity index (χ2v) is 5.00. The molecule has 4 nitrogen and oxygen atoms in total. The molecule has 0 unspecified atom stereocenters. The van der Waals surface area contributed by atoms with Gasteiger partial charge < -0.3 is 14.9 Å². The number of para-hydroxylation sites is 1. The van der Waals surface area contributed by atoms with Crippen LogP contribution in [0.1, 0.15) is 42.5 Å². The van der Waals surface area contributed by atoms with Crippen LogP contribution in [0, 0.1) is 5.82 Å². The summed E-state index contributed by atoms with van der Waals surface area (Å²) in [4.78, 5) is 11.0. The highest BCUT2D eigenvalue weighted by atomic mass is 19.1. The highest BCUT2D eigenvalue weighted by molar-refractivity contribution is 5.90. The molecule has 1 aromatic carbocycles. The summed E-state index contributed by atoms with van der Waals surface area (Å²) in [6, 6.07) is 3.75. The van der Waals surface area contributed by atoms with E-state index in [1.54, 1.807) is 0 Å². The fraction of sp³-hybridized carbons (Fsp3) is 0.500. The Hall–Kier alpha value is -1.62. The molecule has 1 fully saturated rings. The average molecular weight is 268 g/mol. The fourth-order valence-electron chi connectivity index (χ4n) is 2.38. The topological polar surface area (TPSA) is 66.8 Å². The Labute approximate surface area is 110 Å². The minimum atomic E-state index is -1.25. The molecule has 1 saturated carbocycles. The first-order valence-corrected chi connectivity index (χ1v) is 6.39. The summed E-state index contributed by atoms with van der Waals surface area (Å²) in [5.41, 5.74) is -1.20. The van der Waals surface area contributed by atoms with Crippen molar-refractivity contribution in [3.8, 4) is 5.75 Å². The van der Waals surface area contributed by atoms with Gasteiger partial charge >= 0.3 is 5.97 Å². The van der Waals surface area contributed by atoms with Crippen LogP contribution in [-0.4, -0.2) is 28.4 Å². The summed E-state index contributed by atoms with van der Waals surface area (Å²) < 4.78 is 18.9. The van der Waals surface area contributed by atoms with Gasteiger partial charge in [0.2, 0.25) is 0 Å². The number of carboxylic acids is 1. The molecular formula is C14H17FO4. The van der Waals surface area contributed by atoms with Gasteiger partial charge in [-0.05, 0) is 25.0 Å². The van der Waals surface area contributed by atoms with Crippen molar-refractivity contribution in [2.45, 2.75) is 37.7 Å². The first kappa shape index (κ1) is 13.8. The number of hydrogen-bond donors (Lipinski definition) is 2. The van der Waals surface area contributed by atoms with E-state index in [2.05, 4.69) is 0 Å². The molecule has 0 aliphatic heterocycles. The Kier molecular flexibility index (Phi) is 4.04. The molecule has 0 spiro atoms. The lowest BCUT2D eigenvalue weighted by atomic mass is 9.85. The molecule has 0 bridgehead atoms. The van der Waals surface area contributed by atoms with Crippen LogP contribution < -0.4 is 4.74 Å². The molecule has 104 valence electrons. The molecule has 0 atom stereocenters. The van der Waals surface area contributed by atoms with Crippen molar-refractivity contribution in [3.05, 3.63) is 29.6 Å². The lowest BCUT2D eigenvalue weighted by Gasteiger charge is -2.31. The monoisotopic (exact) mass is 268 g/mol. The molecule has 1 aromatic rings. The minimum Gasteiger partial charge on any atom is -0.487 e. The zero-order valence-corrected chi connectivity index (χ0v) is 10.6. The smallest absolute Gasteiger partial charge is 0.339 e. The SMILES string of the molecule is O=C(O)c1cccc(F)c1OCC1(O)CCCCC1. The molecule has 2 rings (SSSR count). The first-order chi connectivity index (χ1) is 9.02. The molecule has 0 amide bonds. The lowest BCUT2D eigenvalue weighted by molar-refractivity contribution is -0.0349. The number of carbonyl (C=O) groups is 1. The van der Waals surface area contributed by atoms with Crippen molar-refractivity contribution in [2.24, 2.45) is 0 Å². The first-order valence-electron chi connectivity index (χ1n) is 6.39. The van der Waals surface area contributed by atoms with E-state index in [-0.39, 0.29) is 17.9 Å². The molecule has 1 aliphatic carbocycles. The average Bonchev–Trinajstić information content (AvgIpc) is 2.38. The van der Waals surface area contributed by atoms with Crippen molar-refractivity contribution >= 4 is 5.97 Å². The summed E-state index contributed by atoms with van der Waals surface area (Å²) in [6.07, 6.45) is 4.09. The summed E-state index contributed by atoms with van der Waals surface area (Å²) in [6.45, 7) is -0.0752. The fourth-order valence-corrected chi connectivity index (χ4v) is 2.38. The number of halogens is 1. The van der Waals surface area contributed by atoms with Crippen LogP contribution in [0.4, 0.5) is 4.39 Å². The maximum atomic E-state index is 13.6. The van der Waals surface area contributed by atoms with Gasteiger partial charge in [-0.3, -0.25) is 0 Å². The maximum Gasteiger partial charge on any atom is 0.339 e. The second-order valence-electron chi connectivity index (χ2n) is 5.00. The zero-order chi connectivity index (χ0) is 13.9. The van der Waals surface area contributed by atoms with Gasteiger partial charge in [-0.2, -0.15) is 0 Å². The molecule has 0 radical (unpaired) electrons. The van der Waals surface area contributed by atoms with Crippen molar-refractivity contribution in [2.75, 3.05) is 6.61 Å². The van der Waals surface area contributed by atoms with Crippen LogP contribution in [0.15, 0.2) is 18.2 Å². The Morgan fingerprint density at radius 1 is 1.32 bits per heavy atom. The van der Waals surface area contributed by atoms with Crippen LogP contribution >= 0.6 is 0 Å². The number of rotatable bonds is 4. The van der Waals surface area contributed by atoms with Crippen molar-refractivity contribution in [3.63, 3.8) is 0 Å². The third kappa shape index (κ3) is 3.23. The third-order valence-electron chi connectivity index (χ3n) is 3.47. The predicted octanol–water partition coefficient (Wildman–Crippen LogP) is 2.60. The van der Waals surface area contributed by atoms with Gasteiger partial charge in [-0.1, -0.05) is 25.3 Å². The van der Waals surface area contributed by atoms with Crippen molar-refractivity contribution < 1.29 is 24.1 Å². The Balaban J connectivity index is 2.12. The molecule has 5 heteroatoms. The van der Waals surface area contributed by atoms with Crippen molar-refractivity contribution in [1.29, 1.82) is 0 Å². The minimum absolute atomic E-state index is 0.0752. The van der Waals surface area contributed by atoms with E-state index in [4.69, 9.17) is 9.84 Å². The van der Waals surface area contributed by atoms with Crippen LogP contribution in [0.25, 0.3) is 0 Å². The quantitative estimate of drug-likeness (QED) is 0.880. The number of aromatic carboxylic acids is 1. The summed E-state index contributed by atoms with van der Waals surface area (Å²) in [7, 11) is 0. The third-order valence-corrected chi connectivity index (χ3v) is 3.47. The molecule has 0 aromatic heterocycles. The van der Waals surface area contributed by atoms with Gasteiger partial charge in [-0.15, -0.1) is 0 Å². The standard InChI is InChI=1S/C14H17FO4/c15-11-6-4-5-10(13(16)17)12(11)19-9-14(18)7-2-1-3-8-14/h4-6,18H,1-3,7-9H2,(H,16,17). The van der Waals surface area contributed by atoms with E-state index in [9.17, 15) is 14.3 Å². The predicted molar refractivity (Wildman–Crippen MR) is 66.9 cm³/mol. The molecule has 1 aliphatic rings. The van der Waals surface area contributed by atoms with Gasteiger partial charge in [-0.25, -0.2) is 9.18 Å². The molecule has 19 heavy (non-hydrogen) atoms. The summed E-state index contributed by atoms with van der Waals surface area (Å²) in [5, 5.41) is 19.2. The van der Waals surface area contributed by atoms with Crippen LogP contribution in [-0.2, 0) is 0 Å². The molecular weight excluding hydrogens is 251 g/mol. The van der Waals surface area contributed by atoms with E-state index in [0.29, 0.717) is 12.8 Å². The lowest BCUT2D eigenvalue weighted by Crippen LogP contribution is -2.38. The van der Waals surface area contributed by atoms with E-state index < -0.39 is 17.4 Å². The van der Waals surface area contributed by atoms with Gasteiger partial charge in [0, 0.05) is 0 Å². The van der Waals surface area contributed by atoms with E-state index in [0.717, 1.165) is 25.3 Å². The maximum absolute atomic E-state index is 13.6. The zero-order valence-electron chi connectivity index (χ0n) is 10.6. The highest BCUT2D eigenvalue weighted by Gasteiger charge is 2.31. The summed E-state index contributed by atoms with van der Waals surface area (Å²) >= 11 is 0. The van der Waals surface area contributed by atoms with Gasteiger partial charge in [0.15, 0.2) is 11.6 Å². The molecule has 0 heterocycles. The number of ether oxygens (including phenoxy) is 1. The largest absolute Gasteiger partial charge is 0.487 e. The van der Waals surface area contributed by atoms with Gasteiger partial charge in [0.1, 0.15) is 12.2 Å². The van der Waals surface area contributed by atoms with Crippen LogP contribution in [0.2, 0.25) is 0 Å². The van der Waals surface area contributed by atoms with E-state index in [1.165, 1.54) is 12.1 Å². The normalized spacial score (nSPS) is 18.0. The Morgan fingerprint density at radius 2 is 2.00 bits per heavy atom.